The van der Waals surface area contributed by atoms with Crippen LogP contribution < -0.4 is 10.1 Å². The minimum absolute atomic E-state index is 0.0831. The maximum atomic E-state index is 12.4. The van der Waals surface area contributed by atoms with Gasteiger partial charge in [-0.3, -0.25) is 4.79 Å². The molecular formula is C17H25NO6S. The summed E-state index contributed by atoms with van der Waals surface area (Å²) in [5.74, 6) is -2.39. The quantitative estimate of drug-likeness (QED) is 0.684. The third-order valence-corrected chi connectivity index (χ3v) is 5.59. The van der Waals surface area contributed by atoms with E-state index in [4.69, 9.17) is 9.84 Å². The van der Waals surface area contributed by atoms with Gasteiger partial charge in [0.1, 0.15) is 11.8 Å². The Kier molecular flexibility index (Phi) is 7.41. The van der Waals surface area contributed by atoms with Crippen LogP contribution in [0.4, 0.5) is 0 Å². The lowest BCUT2D eigenvalue weighted by Crippen LogP contribution is -2.45. The second kappa shape index (κ2) is 8.84. The zero-order valence-electron chi connectivity index (χ0n) is 14.9. The molecule has 0 bridgehead atoms. The lowest BCUT2D eigenvalue weighted by Gasteiger charge is -2.19. The Bertz CT molecular complexity index is 696. The number of hydrogen-bond donors (Lipinski definition) is 2. The highest BCUT2D eigenvalue weighted by atomic mass is 32.2. The molecule has 0 aliphatic carbocycles. The first-order chi connectivity index (χ1) is 11.6. The molecule has 0 heterocycles. The molecule has 2 N–H and O–H groups in total. The van der Waals surface area contributed by atoms with Crippen molar-refractivity contribution in [1.29, 1.82) is 0 Å². The summed E-state index contributed by atoms with van der Waals surface area (Å²) in [7, 11) is -2.19. The predicted molar refractivity (Wildman–Crippen MR) is 93.2 cm³/mol. The van der Waals surface area contributed by atoms with Crippen LogP contribution >= 0.6 is 0 Å². The molecule has 1 amide bonds. The summed E-state index contributed by atoms with van der Waals surface area (Å²) in [6.07, 6.45) is 0.277. The van der Waals surface area contributed by atoms with Crippen molar-refractivity contribution in [3.8, 4) is 5.75 Å². The van der Waals surface area contributed by atoms with Crippen molar-refractivity contribution in [3.63, 3.8) is 0 Å². The lowest BCUT2D eigenvalue weighted by molar-refractivity contribution is -0.142. The van der Waals surface area contributed by atoms with Crippen LogP contribution in [-0.4, -0.2) is 44.3 Å². The van der Waals surface area contributed by atoms with E-state index in [9.17, 15) is 18.0 Å². The predicted octanol–water partition coefficient (Wildman–Crippen LogP) is 1.72. The van der Waals surface area contributed by atoms with Gasteiger partial charge in [0.15, 0.2) is 9.84 Å². The van der Waals surface area contributed by atoms with E-state index < -0.39 is 39.4 Å². The number of ether oxygens (including phenoxy) is 1. The van der Waals surface area contributed by atoms with Crippen LogP contribution in [0.1, 0.15) is 27.2 Å². The molecule has 8 heteroatoms. The largest absolute Gasteiger partial charge is 0.497 e. The molecular weight excluding hydrogens is 346 g/mol. The number of carbonyl (C=O) groups is 2. The van der Waals surface area contributed by atoms with Crippen LogP contribution in [0.15, 0.2) is 29.2 Å². The Morgan fingerprint density at radius 2 is 1.72 bits per heavy atom. The number of sulfone groups is 1. The van der Waals surface area contributed by atoms with E-state index in [1.807, 2.05) is 13.8 Å². The van der Waals surface area contributed by atoms with Crippen molar-refractivity contribution in [2.75, 3.05) is 12.9 Å². The van der Waals surface area contributed by atoms with E-state index in [0.717, 1.165) is 0 Å². The summed E-state index contributed by atoms with van der Waals surface area (Å²) >= 11 is 0. The van der Waals surface area contributed by atoms with Crippen LogP contribution in [0.2, 0.25) is 0 Å². The number of amides is 1. The van der Waals surface area contributed by atoms with Crippen LogP contribution in [0.25, 0.3) is 0 Å². The smallest absolute Gasteiger partial charge is 0.326 e. The lowest BCUT2D eigenvalue weighted by atomic mass is 10.0. The first-order valence-electron chi connectivity index (χ1n) is 7.96. The molecule has 0 aliphatic rings. The third kappa shape index (κ3) is 6.38. The number of carboxylic acid groups (broad SMARTS) is 1. The zero-order valence-corrected chi connectivity index (χ0v) is 15.7. The summed E-state index contributed by atoms with van der Waals surface area (Å²) < 4.78 is 29.8. The van der Waals surface area contributed by atoms with E-state index in [1.165, 1.54) is 38.3 Å². The van der Waals surface area contributed by atoms with E-state index in [0.29, 0.717) is 5.75 Å². The maximum absolute atomic E-state index is 12.4. The Morgan fingerprint density at radius 1 is 1.16 bits per heavy atom. The Hall–Kier alpha value is -2.09. The molecule has 7 nitrogen and oxygen atoms in total. The normalized spacial score (nSPS) is 14.0. The van der Waals surface area contributed by atoms with Gasteiger partial charge in [0.25, 0.3) is 0 Å². The van der Waals surface area contributed by atoms with Gasteiger partial charge >= 0.3 is 5.97 Å². The number of benzene rings is 1. The molecule has 0 aromatic heterocycles. The van der Waals surface area contributed by atoms with Crippen molar-refractivity contribution < 1.29 is 27.9 Å². The Morgan fingerprint density at radius 3 is 2.16 bits per heavy atom. The SMILES string of the molecule is COc1ccc(S(=O)(=O)CC(C)C(=O)NC(CC(C)C)C(=O)O)cc1. The molecule has 2 unspecified atom stereocenters. The van der Waals surface area contributed by atoms with Gasteiger partial charge in [0.05, 0.1) is 17.8 Å². The van der Waals surface area contributed by atoms with Crippen molar-refractivity contribution in [1.82, 2.24) is 5.32 Å². The molecule has 2 atom stereocenters. The van der Waals surface area contributed by atoms with Gasteiger partial charge < -0.3 is 15.2 Å². The summed E-state index contributed by atoms with van der Waals surface area (Å²) in [5, 5.41) is 11.6. The molecule has 140 valence electrons. The van der Waals surface area contributed by atoms with Crippen LogP contribution in [0.5, 0.6) is 5.75 Å². The molecule has 1 rings (SSSR count). The number of carboxylic acids is 1. The molecule has 0 radical (unpaired) electrons. The summed E-state index contributed by atoms with van der Waals surface area (Å²) in [5.41, 5.74) is 0. The molecule has 25 heavy (non-hydrogen) atoms. The molecule has 1 aromatic rings. The summed E-state index contributed by atoms with van der Waals surface area (Å²) in [6.45, 7) is 5.16. The molecule has 0 saturated heterocycles. The fraction of sp³-hybridized carbons (Fsp3) is 0.529. The minimum atomic E-state index is -3.67. The fourth-order valence-electron chi connectivity index (χ4n) is 2.29. The number of aliphatic carboxylic acids is 1. The number of hydrogen-bond acceptors (Lipinski definition) is 5. The van der Waals surface area contributed by atoms with Gasteiger partial charge in [0, 0.05) is 5.92 Å². The van der Waals surface area contributed by atoms with Crippen molar-refractivity contribution >= 4 is 21.7 Å². The zero-order chi connectivity index (χ0) is 19.2. The van der Waals surface area contributed by atoms with E-state index in [1.54, 1.807) is 0 Å². The molecule has 0 aliphatic heterocycles. The van der Waals surface area contributed by atoms with Gasteiger partial charge in [0.2, 0.25) is 5.91 Å². The average Bonchev–Trinajstić information content (AvgIpc) is 2.53. The van der Waals surface area contributed by atoms with Gasteiger partial charge in [-0.2, -0.15) is 0 Å². The van der Waals surface area contributed by atoms with Crippen molar-refractivity contribution in [3.05, 3.63) is 24.3 Å². The second-order valence-electron chi connectivity index (χ2n) is 6.39. The third-order valence-electron chi connectivity index (χ3n) is 3.66. The number of nitrogens with one attached hydrogen (secondary N) is 1. The number of carbonyl (C=O) groups excluding carboxylic acids is 1. The highest BCUT2D eigenvalue weighted by molar-refractivity contribution is 7.91. The highest BCUT2D eigenvalue weighted by Gasteiger charge is 2.27. The summed E-state index contributed by atoms with van der Waals surface area (Å²) in [4.78, 5) is 23.5. The first kappa shape index (κ1) is 21.0. The monoisotopic (exact) mass is 371 g/mol. The van der Waals surface area contributed by atoms with Crippen LogP contribution in [-0.2, 0) is 19.4 Å². The van der Waals surface area contributed by atoms with E-state index in [2.05, 4.69) is 5.32 Å². The Balaban J connectivity index is 2.79. The van der Waals surface area contributed by atoms with E-state index >= 15 is 0 Å². The van der Waals surface area contributed by atoms with Crippen LogP contribution in [0.3, 0.4) is 0 Å². The standard InChI is InChI=1S/C17H25NO6S/c1-11(2)9-15(17(20)21)18-16(19)12(3)10-25(22,23)14-7-5-13(24-4)6-8-14/h5-8,11-12,15H,9-10H2,1-4H3,(H,18,19)(H,20,21). The second-order valence-corrected chi connectivity index (χ2v) is 8.42. The number of methoxy groups -OCH3 is 1. The fourth-order valence-corrected chi connectivity index (χ4v) is 3.84. The molecule has 0 fully saturated rings. The first-order valence-corrected chi connectivity index (χ1v) is 9.62. The summed E-state index contributed by atoms with van der Waals surface area (Å²) in [6, 6.07) is 4.86. The minimum Gasteiger partial charge on any atom is -0.497 e. The Labute approximate surface area is 148 Å². The molecule has 0 spiro atoms. The average molecular weight is 371 g/mol. The van der Waals surface area contributed by atoms with Crippen molar-refractivity contribution in [2.45, 2.75) is 38.1 Å². The number of rotatable bonds is 9. The van der Waals surface area contributed by atoms with E-state index in [-0.39, 0.29) is 17.2 Å². The molecule has 0 saturated carbocycles. The van der Waals surface area contributed by atoms with Gasteiger partial charge in [-0.05, 0) is 36.6 Å². The van der Waals surface area contributed by atoms with Crippen LogP contribution in [0, 0.1) is 11.8 Å². The molecule has 1 aromatic carbocycles. The maximum Gasteiger partial charge on any atom is 0.326 e. The van der Waals surface area contributed by atoms with Gasteiger partial charge in [-0.25, -0.2) is 13.2 Å². The van der Waals surface area contributed by atoms with Gasteiger partial charge in [-0.15, -0.1) is 0 Å². The highest BCUT2D eigenvalue weighted by Crippen LogP contribution is 2.19. The van der Waals surface area contributed by atoms with Gasteiger partial charge in [-0.1, -0.05) is 20.8 Å². The topological polar surface area (TPSA) is 110 Å². The van der Waals surface area contributed by atoms with Crippen molar-refractivity contribution in [2.24, 2.45) is 11.8 Å².